The van der Waals surface area contributed by atoms with Crippen molar-refractivity contribution in [3.63, 3.8) is 0 Å². The average Bonchev–Trinajstić information content (AvgIpc) is 2.44. The quantitative estimate of drug-likeness (QED) is 0.698. The molecule has 1 aromatic carbocycles. The second kappa shape index (κ2) is 9.25. The summed E-state index contributed by atoms with van der Waals surface area (Å²) in [6.45, 7) is 3.41. The summed E-state index contributed by atoms with van der Waals surface area (Å²) in [7, 11) is 1.62. The first kappa shape index (κ1) is 15.3. The smallest absolute Gasteiger partial charge is 0.220 e. The Morgan fingerprint density at radius 2 is 2.05 bits per heavy atom. The van der Waals surface area contributed by atoms with Gasteiger partial charge in [-0.05, 0) is 25.0 Å². The van der Waals surface area contributed by atoms with Crippen molar-refractivity contribution < 1.29 is 14.3 Å². The van der Waals surface area contributed by atoms with Gasteiger partial charge in [0.1, 0.15) is 11.5 Å². The molecule has 1 aromatic rings. The lowest BCUT2D eigenvalue weighted by atomic mass is 10.3. The molecule has 0 aliphatic heterocycles. The summed E-state index contributed by atoms with van der Waals surface area (Å²) in [6.07, 6.45) is 3.36. The van der Waals surface area contributed by atoms with Crippen molar-refractivity contribution in [3.05, 3.63) is 24.3 Å². The lowest BCUT2D eigenvalue weighted by Gasteiger charge is -2.08. The van der Waals surface area contributed by atoms with Crippen LogP contribution in [0.5, 0.6) is 11.5 Å². The van der Waals surface area contributed by atoms with Crippen molar-refractivity contribution in [2.24, 2.45) is 0 Å². The normalized spacial score (nSPS) is 10.0. The summed E-state index contributed by atoms with van der Waals surface area (Å²) < 4.78 is 10.7. The van der Waals surface area contributed by atoms with Crippen molar-refractivity contribution >= 4 is 5.91 Å². The molecule has 4 heteroatoms. The molecule has 0 unspecified atom stereocenters. The second-order valence-corrected chi connectivity index (χ2v) is 4.33. The molecule has 1 N–H and O–H groups in total. The summed E-state index contributed by atoms with van der Waals surface area (Å²) in [6, 6.07) is 7.46. The monoisotopic (exact) mass is 265 g/mol. The van der Waals surface area contributed by atoms with Gasteiger partial charge in [0.05, 0.1) is 13.7 Å². The van der Waals surface area contributed by atoms with Crippen molar-refractivity contribution in [1.29, 1.82) is 0 Å². The molecule has 0 saturated carbocycles. The van der Waals surface area contributed by atoms with Gasteiger partial charge in [0, 0.05) is 19.0 Å². The standard InChI is InChI=1S/C15H23NO3/c1-3-4-10-16-15(17)9-6-11-19-14-8-5-7-13(12-14)18-2/h5,7-8,12H,3-4,6,9-11H2,1-2H3,(H,16,17). The molecule has 0 radical (unpaired) electrons. The molecule has 0 aromatic heterocycles. The number of rotatable bonds is 9. The summed E-state index contributed by atoms with van der Waals surface area (Å²) in [4.78, 5) is 11.4. The van der Waals surface area contributed by atoms with E-state index in [1.807, 2.05) is 24.3 Å². The minimum absolute atomic E-state index is 0.0997. The number of carbonyl (C=O) groups excluding carboxylic acids is 1. The Morgan fingerprint density at radius 1 is 1.26 bits per heavy atom. The molecule has 0 fully saturated rings. The lowest BCUT2D eigenvalue weighted by Crippen LogP contribution is -2.24. The van der Waals surface area contributed by atoms with E-state index >= 15 is 0 Å². The second-order valence-electron chi connectivity index (χ2n) is 4.33. The van der Waals surface area contributed by atoms with Crippen LogP contribution in [-0.2, 0) is 4.79 Å². The first-order valence-corrected chi connectivity index (χ1v) is 6.79. The van der Waals surface area contributed by atoms with E-state index in [2.05, 4.69) is 12.2 Å². The Balaban J connectivity index is 2.14. The average molecular weight is 265 g/mol. The number of carbonyl (C=O) groups is 1. The van der Waals surface area contributed by atoms with E-state index in [4.69, 9.17) is 9.47 Å². The third kappa shape index (κ3) is 6.70. The van der Waals surface area contributed by atoms with Crippen LogP contribution in [0.1, 0.15) is 32.6 Å². The molecule has 1 amide bonds. The van der Waals surface area contributed by atoms with E-state index in [0.29, 0.717) is 13.0 Å². The number of benzene rings is 1. The summed E-state index contributed by atoms with van der Waals surface area (Å²) in [5.41, 5.74) is 0. The number of unbranched alkanes of at least 4 members (excludes halogenated alkanes) is 1. The Kier molecular flexibility index (Phi) is 7.47. The Bertz CT molecular complexity index is 379. The number of methoxy groups -OCH3 is 1. The number of ether oxygens (including phenoxy) is 2. The molecule has 0 aliphatic rings. The van der Waals surface area contributed by atoms with Crippen LogP contribution >= 0.6 is 0 Å². The SMILES string of the molecule is CCCCNC(=O)CCCOc1cccc(OC)c1. The molecule has 19 heavy (non-hydrogen) atoms. The number of amides is 1. The predicted molar refractivity (Wildman–Crippen MR) is 75.6 cm³/mol. The highest BCUT2D eigenvalue weighted by atomic mass is 16.5. The molecule has 0 spiro atoms. The molecule has 0 atom stereocenters. The third-order valence-electron chi connectivity index (χ3n) is 2.71. The van der Waals surface area contributed by atoms with Gasteiger partial charge in [-0.3, -0.25) is 4.79 Å². The number of nitrogens with one attached hydrogen (secondary N) is 1. The first-order valence-electron chi connectivity index (χ1n) is 6.79. The van der Waals surface area contributed by atoms with E-state index in [9.17, 15) is 4.79 Å². The fourth-order valence-corrected chi connectivity index (χ4v) is 1.61. The van der Waals surface area contributed by atoms with Crippen LogP contribution in [0.3, 0.4) is 0 Å². The predicted octanol–water partition coefficient (Wildman–Crippen LogP) is 2.77. The van der Waals surface area contributed by atoms with Crippen LogP contribution in [0.15, 0.2) is 24.3 Å². The number of hydrogen-bond acceptors (Lipinski definition) is 3. The van der Waals surface area contributed by atoms with Gasteiger partial charge < -0.3 is 14.8 Å². The Labute approximate surface area is 115 Å². The first-order chi connectivity index (χ1) is 9.26. The summed E-state index contributed by atoms with van der Waals surface area (Å²) in [5.74, 6) is 1.64. The van der Waals surface area contributed by atoms with Crippen LogP contribution in [0, 0.1) is 0 Å². The van der Waals surface area contributed by atoms with Crippen molar-refractivity contribution in [1.82, 2.24) is 5.32 Å². The van der Waals surface area contributed by atoms with Gasteiger partial charge in [0.15, 0.2) is 0 Å². The van der Waals surface area contributed by atoms with E-state index in [-0.39, 0.29) is 5.91 Å². The minimum Gasteiger partial charge on any atom is -0.497 e. The zero-order valence-electron chi connectivity index (χ0n) is 11.8. The fraction of sp³-hybridized carbons (Fsp3) is 0.533. The van der Waals surface area contributed by atoms with Crippen LogP contribution < -0.4 is 14.8 Å². The van der Waals surface area contributed by atoms with Gasteiger partial charge in [-0.25, -0.2) is 0 Å². The van der Waals surface area contributed by atoms with E-state index < -0.39 is 0 Å². The largest absolute Gasteiger partial charge is 0.497 e. The van der Waals surface area contributed by atoms with Gasteiger partial charge in [0.25, 0.3) is 0 Å². The summed E-state index contributed by atoms with van der Waals surface area (Å²) >= 11 is 0. The van der Waals surface area contributed by atoms with Crippen molar-refractivity contribution in [2.45, 2.75) is 32.6 Å². The zero-order chi connectivity index (χ0) is 13.9. The van der Waals surface area contributed by atoms with Crippen LogP contribution in [0.2, 0.25) is 0 Å². The van der Waals surface area contributed by atoms with Gasteiger partial charge in [-0.2, -0.15) is 0 Å². The highest BCUT2D eigenvalue weighted by Gasteiger charge is 2.01. The molecule has 1 rings (SSSR count). The molecule has 106 valence electrons. The molecule has 0 saturated heterocycles. The molecule has 0 aliphatic carbocycles. The fourth-order valence-electron chi connectivity index (χ4n) is 1.61. The van der Waals surface area contributed by atoms with E-state index in [0.717, 1.165) is 37.3 Å². The minimum atomic E-state index is 0.0997. The highest BCUT2D eigenvalue weighted by molar-refractivity contribution is 5.75. The van der Waals surface area contributed by atoms with E-state index in [1.54, 1.807) is 7.11 Å². The van der Waals surface area contributed by atoms with Gasteiger partial charge in [-0.15, -0.1) is 0 Å². The lowest BCUT2D eigenvalue weighted by molar-refractivity contribution is -0.121. The van der Waals surface area contributed by atoms with Crippen molar-refractivity contribution in [3.8, 4) is 11.5 Å². The van der Waals surface area contributed by atoms with Crippen LogP contribution in [0.4, 0.5) is 0 Å². The summed E-state index contributed by atoms with van der Waals surface area (Å²) in [5, 5.41) is 2.89. The maximum absolute atomic E-state index is 11.4. The molecular formula is C15H23NO3. The van der Waals surface area contributed by atoms with Crippen LogP contribution in [-0.4, -0.2) is 26.2 Å². The Hall–Kier alpha value is -1.71. The molecular weight excluding hydrogens is 242 g/mol. The third-order valence-corrected chi connectivity index (χ3v) is 2.71. The molecule has 0 bridgehead atoms. The van der Waals surface area contributed by atoms with E-state index in [1.165, 1.54) is 0 Å². The molecule has 0 heterocycles. The Morgan fingerprint density at radius 3 is 2.79 bits per heavy atom. The molecule has 4 nitrogen and oxygen atoms in total. The van der Waals surface area contributed by atoms with Gasteiger partial charge in [-0.1, -0.05) is 19.4 Å². The topological polar surface area (TPSA) is 47.6 Å². The van der Waals surface area contributed by atoms with Crippen LogP contribution in [0.25, 0.3) is 0 Å². The van der Waals surface area contributed by atoms with Gasteiger partial charge in [0.2, 0.25) is 5.91 Å². The van der Waals surface area contributed by atoms with Crippen molar-refractivity contribution in [2.75, 3.05) is 20.3 Å². The maximum atomic E-state index is 11.4. The maximum Gasteiger partial charge on any atom is 0.220 e. The van der Waals surface area contributed by atoms with Gasteiger partial charge >= 0.3 is 0 Å². The highest BCUT2D eigenvalue weighted by Crippen LogP contribution is 2.18. The zero-order valence-corrected chi connectivity index (χ0v) is 11.8. The number of hydrogen-bond donors (Lipinski definition) is 1.